The van der Waals surface area contributed by atoms with Crippen molar-refractivity contribution in [1.82, 2.24) is 24.7 Å². The van der Waals surface area contributed by atoms with Crippen LogP contribution in [0, 0.1) is 11.3 Å². The minimum atomic E-state index is 0.328. The first-order valence-corrected chi connectivity index (χ1v) is 5.20. The molecule has 0 amide bonds. The van der Waals surface area contributed by atoms with E-state index in [1.807, 2.05) is 10.6 Å². The van der Waals surface area contributed by atoms with Crippen molar-refractivity contribution in [3.63, 3.8) is 0 Å². The Labute approximate surface area is 97.4 Å². The maximum absolute atomic E-state index is 8.65. The lowest BCUT2D eigenvalue weighted by Gasteiger charge is -2.27. The smallest absolute Gasteiger partial charge is 0.158 e. The average molecular weight is 227 g/mol. The molecular weight excluding hydrogens is 218 g/mol. The molecule has 0 aromatic carbocycles. The zero-order valence-electron chi connectivity index (χ0n) is 8.98. The number of hydrogen-bond donors (Lipinski definition) is 0. The molecule has 1 aliphatic heterocycles. The molecule has 0 saturated carbocycles. The molecule has 0 atom stereocenters. The maximum atomic E-state index is 8.65. The standard InChI is InChI=1S/C10H9N7/c11-3-8-4-13-9(5-12-8)16-1-2-17-7-14-15-10(17)6-16/h4-5,7H,1-2,6H2. The van der Waals surface area contributed by atoms with Crippen molar-refractivity contribution >= 4 is 5.82 Å². The number of aromatic nitrogens is 5. The lowest BCUT2D eigenvalue weighted by molar-refractivity contribution is 0.555. The highest BCUT2D eigenvalue weighted by Gasteiger charge is 2.18. The van der Waals surface area contributed by atoms with E-state index in [-0.39, 0.29) is 0 Å². The second-order valence-corrected chi connectivity index (χ2v) is 3.73. The summed E-state index contributed by atoms with van der Waals surface area (Å²) in [6.45, 7) is 2.34. The van der Waals surface area contributed by atoms with Crippen LogP contribution < -0.4 is 4.90 Å². The molecule has 7 heteroatoms. The quantitative estimate of drug-likeness (QED) is 0.679. The van der Waals surface area contributed by atoms with Crippen molar-refractivity contribution in [2.45, 2.75) is 13.1 Å². The first kappa shape index (κ1) is 9.72. The van der Waals surface area contributed by atoms with Crippen molar-refractivity contribution in [1.29, 1.82) is 5.26 Å². The molecule has 17 heavy (non-hydrogen) atoms. The Kier molecular flexibility index (Phi) is 2.19. The summed E-state index contributed by atoms with van der Waals surface area (Å²) in [5.41, 5.74) is 0.328. The molecule has 2 aromatic heterocycles. The maximum Gasteiger partial charge on any atom is 0.158 e. The molecule has 3 heterocycles. The van der Waals surface area contributed by atoms with Gasteiger partial charge in [0.15, 0.2) is 11.5 Å². The van der Waals surface area contributed by atoms with Crippen LogP contribution in [0.1, 0.15) is 11.5 Å². The third-order valence-electron chi connectivity index (χ3n) is 2.72. The van der Waals surface area contributed by atoms with Crippen molar-refractivity contribution in [3.8, 4) is 6.07 Å². The molecule has 2 aromatic rings. The number of fused-ring (bicyclic) bond motifs is 1. The molecule has 1 aliphatic rings. The molecular formula is C10H9N7. The topological polar surface area (TPSA) is 83.5 Å². The fourth-order valence-electron chi connectivity index (χ4n) is 1.80. The summed E-state index contributed by atoms with van der Waals surface area (Å²) < 4.78 is 2.02. The third kappa shape index (κ3) is 1.69. The Morgan fingerprint density at radius 3 is 2.94 bits per heavy atom. The second kappa shape index (κ2) is 3.83. The molecule has 0 spiro atoms. The average Bonchev–Trinajstić information content (AvgIpc) is 2.86. The van der Waals surface area contributed by atoms with Gasteiger partial charge in [-0.2, -0.15) is 5.26 Å². The SMILES string of the molecule is N#Cc1cnc(N2CCn3cnnc3C2)cn1. The van der Waals surface area contributed by atoms with E-state index >= 15 is 0 Å². The van der Waals surface area contributed by atoms with Crippen molar-refractivity contribution in [2.24, 2.45) is 0 Å². The highest BCUT2D eigenvalue weighted by molar-refractivity contribution is 5.38. The summed E-state index contributed by atoms with van der Waals surface area (Å²) in [6.07, 6.45) is 4.83. The largest absolute Gasteiger partial charge is 0.346 e. The van der Waals surface area contributed by atoms with Crippen LogP contribution in [-0.2, 0) is 13.1 Å². The van der Waals surface area contributed by atoms with Crippen LogP contribution in [0.4, 0.5) is 5.82 Å². The summed E-state index contributed by atoms with van der Waals surface area (Å²) in [4.78, 5) is 10.3. The van der Waals surface area contributed by atoms with Gasteiger partial charge in [-0.25, -0.2) is 9.97 Å². The molecule has 7 nitrogen and oxygen atoms in total. The van der Waals surface area contributed by atoms with E-state index < -0.39 is 0 Å². The van der Waals surface area contributed by atoms with E-state index in [0.29, 0.717) is 12.2 Å². The van der Waals surface area contributed by atoms with E-state index in [1.54, 1.807) is 12.5 Å². The predicted octanol–water partition coefficient (Wildman–Crippen LogP) is -0.0400. The summed E-state index contributed by atoms with van der Waals surface area (Å²) in [5.74, 6) is 1.68. The van der Waals surface area contributed by atoms with Gasteiger partial charge >= 0.3 is 0 Å². The van der Waals surface area contributed by atoms with Crippen molar-refractivity contribution in [2.75, 3.05) is 11.4 Å². The third-order valence-corrected chi connectivity index (χ3v) is 2.72. The fraction of sp³-hybridized carbons (Fsp3) is 0.300. The molecule has 0 saturated heterocycles. The first-order chi connectivity index (χ1) is 8.36. The predicted molar refractivity (Wildman–Crippen MR) is 57.8 cm³/mol. The summed E-state index contributed by atoms with van der Waals surface area (Å²) >= 11 is 0. The molecule has 0 fully saturated rings. The second-order valence-electron chi connectivity index (χ2n) is 3.73. The Morgan fingerprint density at radius 2 is 2.18 bits per heavy atom. The Hall–Kier alpha value is -2.49. The fourth-order valence-corrected chi connectivity index (χ4v) is 1.80. The van der Waals surface area contributed by atoms with E-state index in [4.69, 9.17) is 5.26 Å². The zero-order chi connectivity index (χ0) is 11.7. The molecule has 0 unspecified atom stereocenters. The van der Waals surface area contributed by atoms with Crippen LogP contribution >= 0.6 is 0 Å². The van der Waals surface area contributed by atoms with E-state index in [1.165, 1.54) is 6.20 Å². The van der Waals surface area contributed by atoms with Crippen LogP contribution in [0.15, 0.2) is 18.7 Å². The number of hydrogen-bond acceptors (Lipinski definition) is 6. The van der Waals surface area contributed by atoms with Gasteiger partial charge in [0, 0.05) is 13.1 Å². The Bertz CT molecular complexity index is 565. The first-order valence-electron chi connectivity index (χ1n) is 5.20. The van der Waals surface area contributed by atoms with Gasteiger partial charge in [0.1, 0.15) is 18.2 Å². The van der Waals surface area contributed by atoms with Gasteiger partial charge in [-0.05, 0) is 0 Å². The molecule has 0 N–H and O–H groups in total. The molecule has 0 aliphatic carbocycles. The Balaban J connectivity index is 1.84. The van der Waals surface area contributed by atoms with Crippen LogP contribution in [0.5, 0.6) is 0 Å². The molecule has 3 rings (SSSR count). The monoisotopic (exact) mass is 227 g/mol. The van der Waals surface area contributed by atoms with Crippen LogP contribution in [-0.4, -0.2) is 31.3 Å². The number of anilines is 1. The normalized spacial score (nSPS) is 14.2. The zero-order valence-corrected chi connectivity index (χ0v) is 8.98. The van der Waals surface area contributed by atoms with Crippen molar-refractivity contribution < 1.29 is 0 Å². The van der Waals surface area contributed by atoms with E-state index in [9.17, 15) is 0 Å². The number of nitrogens with zero attached hydrogens (tertiary/aromatic N) is 7. The van der Waals surface area contributed by atoms with Gasteiger partial charge < -0.3 is 9.47 Å². The van der Waals surface area contributed by atoms with Gasteiger partial charge in [0.05, 0.1) is 18.9 Å². The van der Waals surface area contributed by atoms with E-state index in [2.05, 4.69) is 25.1 Å². The Morgan fingerprint density at radius 1 is 1.24 bits per heavy atom. The lowest BCUT2D eigenvalue weighted by atomic mass is 10.3. The molecule has 0 bridgehead atoms. The minimum Gasteiger partial charge on any atom is -0.346 e. The molecule has 0 radical (unpaired) electrons. The van der Waals surface area contributed by atoms with Crippen molar-refractivity contribution in [3.05, 3.63) is 30.2 Å². The number of rotatable bonds is 1. The lowest BCUT2D eigenvalue weighted by Crippen LogP contribution is -2.34. The van der Waals surface area contributed by atoms with Gasteiger partial charge in [-0.3, -0.25) is 0 Å². The van der Waals surface area contributed by atoms with Crippen LogP contribution in [0.2, 0.25) is 0 Å². The minimum absolute atomic E-state index is 0.328. The number of nitriles is 1. The van der Waals surface area contributed by atoms with Gasteiger partial charge in [-0.1, -0.05) is 0 Å². The molecule has 84 valence electrons. The van der Waals surface area contributed by atoms with Gasteiger partial charge in [0.2, 0.25) is 0 Å². The van der Waals surface area contributed by atoms with Crippen LogP contribution in [0.25, 0.3) is 0 Å². The van der Waals surface area contributed by atoms with Gasteiger partial charge in [-0.15, -0.1) is 10.2 Å². The van der Waals surface area contributed by atoms with Gasteiger partial charge in [0.25, 0.3) is 0 Å². The van der Waals surface area contributed by atoms with E-state index in [0.717, 1.165) is 24.7 Å². The summed E-state index contributed by atoms with van der Waals surface area (Å²) in [6, 6.07) is 1.95. The van der Waals surface area contributed by atoms with Crippen LogP contribution in [0.3, 0.4) is 0 Å². The summed E-state index contributed by atoms with van der Waals surface area (Å²) in [5, 5.41) is 16.6. The highest BCUT2D eigenvalue weighted by Crippen LogP contribution is 2.16. The summed E-state index contributed by atoms with van der Waals surface area (Å²) in [7, 11) is 0. The highest BCUT2D eigenvalue weighted by atomic mass is 15.3.